The summed E-state index contributed by atoms with van der Waals surface area (Å²) in [7, 11) is -8.32. The number of rotatable bonds is 8. The maximum atomic E-state index is 13.3. The van der Waals surface area contributed by atoms with Crippen LogP contribution in [0.5, 0.6) is 0 Å². The van der Waals surface area contributed by atoms with Gasteiger partial charge in [0.2, 0.25) is 20.0 Å². The van der Waals surface area contributed by atoms with Crippen molar-refractivity contribution < 1.29 is 35.9 Å². The van der Waals surface area contributed by atoms with Gasteiger partial charge in [-0.15, -0.1) is 0 Å². The van der Waals surface area contributed by atoms with Crippen LogP contribution in [0.2, 0.25) is 0 Å². The van der Waals surface area contributed by atoms with Crippen LogP contribution in [0.3, 0.4) is 0 Å². The monoisotopic (exact) mass is 505 g/mol. The van der Waals surface area contributed by atoms with Gasteiger partial charge in [0.1, 0.15) is 5.82 Å². The molecule has 0 aromatic heterocycles. The van der Waals surface area contributed by atoms with E-state index in [9.17, 15) is 35.9 Å². The number of carbonyl (C=O) groups excluding carboxylic acids is 1. The fourth-order valence-electron chi connectivity index (χ4n) is 4.51. The summed E-state index contributed by atoms with van der Waals surface area (Å²) >= 11 is 0. The molecule has 13 heteroatoms. The van der Waals surface area contributed by atoms with E-state index in [-0.39, 0.29) is 30.3 Å². The van der Waals surface area contributed by atoms with Crippen LogP contribution in [0.1, 0.15) is 38.5 Å². The Morgan fingerprint density at radius 3 is 2.18 bits per heavy atom. The van der Waals surface area contributed by atoms with E-state index in [0.29, 0.717) is 0 Å². The number of amides is 1. The predicted octanol–water partition coefficient (Wildman–Crippen LogP) is 0.958. The number of halogens is 1. The highest BCUT2D eigenvalue weighted by Gasteiger charge is 2.48. The van der Waals surface area contributed by atoms with Gasteiger partial charge in [0.25, 0.3) is 5.91 Å². The summed E-state index contributed by atoms with van der Waals surface area (Å²) in [6, 6.07) is 3.24. The van der Waals surface area contributed by atoms with Gasteiger partial charge in [0.05, 0.1) is 17.6 Å². The van der Waals surface area contributed by atoms with Crippen molar-refractivity contribution in [3.05, 3.63) is 30.1 Å². The molecule has 3 rings (SSSR count). The molecular weight excluding hydrogens is 477 g/mol. The van der Waals surface area contributed by atoms with Crippen LogP contribution in [0.4, 0.5) is 4.39 Å². The number of benzene rings is 1. The Morgan fingerprint density at radius 1 is 1.06 bits per heavy atom. The number of nitrogens with one attached hydrogen (secondary N) is 1. The van der Waals surface area contributed by atoms with Gasteiger partial charge >= 0.3 is 5.97 Å². The van der Waals surface area contributed by atoms with Crippen molar-refractivity contribution in [2.45, 2.75) is 55.6 Å². The van der Waals surface area contributed by atoms with Gasteiger partial charge in [-0.1, -0.05) is 19.3 Å². The van der Waals surface area contributed by atoms with Gasteiger partial charge in [0.15, 0.2) is 6.17 Å². The highest BCUT2D eigenvalue weighted by atomic mass is 32.2. The zero-order valence-corrected chi connectivity index (χ0v) is 19.8. The lowest BCUT2D eigenvalue weighted by molar-refractivity contribution is -0.138. The third kappa shape index (κ3) is 5.89. The largest absolute Gasteiger partial charge is 0.481 e. The number of nitrogens with zero attached hydrogens (tertiary/aromatic N) is 2. The average molecular weight is 506 g/mol. The summed E-state index contributed by atoms with van der Waals surface area (Å²) in [5.41, 5.74) is 0. The Balaban J connectivity index is 1.93. The van der Waals surface area contributed by atoms with Crippen molar-refractivity contribution >= 4 is 31.9 Å². The number of aliphatic carboxylic acids is 1. The molecule has 2 atom stereocenters. The van der Waals surface area contributed by atoms with E-state index in [1.807, 2.05) is 0 Å². The Hall–Kier alpha value is -2.09. The minimum atomic E-state index is -4.34. The minimum Gasteiger partial charge on any atom is -0.481 e. The molecule has 2 unspecified atom stereocenters. The minimum absolute atomic E-state index is 0.103. The SMILES string of the molecule is CS(=O)(=O)N1CCN(S(=O)(=O)c2ccc(F)cc2)C1C(=O)NC(CC(=O)O)C1CCCCC1. The molecule has 1 aromatic carbocycles. The van der Waals surface area contributed by atoms with Crippen molar-refractivity contribution in [3.63, 3.8) is 0 Å². The predicted molar refractivity (Wildman–Crippen MR) is 116 cm³/mol. The van der Waals surface area contributed by atoms with Crippen molar-refractivity contribution in [2.75, 3.05) is 19.3 Å². The number of carboxylic acids is 1. The van der Waals surface area contributed by atoms with Crippen LogP contribution in [-0.2, 0) is 29.6 Å². The van der Waals surface area contributed by atoms with Crippen molar-refractivity contribution in [3.8, 4) is 0 Å². The van der Waals surface area contributed by atoms with Crippen molar-refractivity contribution in [1.82, 2.24) is 13.9 Å². The molecule has 1 saturated carbocycles. The van der Waals surface area contributed by atoms with Gasteiger partial charge in [-0.2, -0.15) is 8.61 Å². The zero-order chi connectivity index (χ0) is 24.4. The molecule has 184 valence electrons. The Bertz CT molecular complexity index is 1090. The first-order valence-corrected chi connectivity index (χ1v) is 14.0. The molecule has 1 aliphatic carbocycles. The van der Waals surface area contributed by atoms with E-state index in [2.05, 4.69) is 5.32 Å². The first kappa shape index (κ1) is 25.5. The summed E-state index contributed by atoms with van der Waals surface area (Å²) in [4.78, 5) is 24.4. The van der Waals surface area contributed by atoms with Crippen LogP contribution >= 0.6 is 0 Å². The topological polar surface area (TPSA) is 141 Å². The molecule has 1 saturated heterocycles. The first-order valence-electron chi connectivity index (χ1n) is 10.7. The molecule has 1 heterocycles. The quantitative estimate of drug-likeness (QED) is 0.536. The van der Waals surface area contributed by atoms with Crippen molar-refractivity contribution in [2.24, 2.45) is 5.92 Å². The molecule has 1 aromatic rings. The maximum absolute atomic E-state index is 13.3. The normalized spacial score (nSPS) is 22.2. The second kappa shape index (κ2) is 10.0. The third-order valence-electron chi connectivity index (χ3n) is 6.11. The molecule has 1 amide bonds. The number of sulfonamides is 2. The fourth-order valence-corrected chi connectivity index (χ4v) is 7.10. The second-order valence-electron chi connectivity index (χ2n) is 8.43. The smallest absolute Gasteiger partial charge is 0.305 e. The number of carbonyl (C=O) groups is 2. The average Bonchev–Trinajstić information content (AvgIpc) is 3.21. The molecule has 10 nitrogen and oxygen atoms in total. The Morgan fingerprint density at radius 2 is 1.64 bits per heavy atom. The summed E-state index contributed by atoms with van der Waals surface area (Å²) in [6.45, 7) is -0.526. The lowest BCUT2D eigenvalue weighted by Gasteiger charge is -2.33. The van der Waals surface area contributed by atoms with Crippen LogP contribution in [0.15, 0.2) is 29.2 Å². The number of carboxylic acid groups (broad SMARTS) is 1. The van der Waals surface area contributed by atoms with Crippen LogP contribution in [0.25, 0.3) is 0 Å². The highest BCUT2D eigenvalue weighted by molar-refractivity contribution is 7.89. The van der Waals surface area contributed by atoms with Crippen molar-refractivity contribution in [1.29, 1.82) is 0 Å². The van der Waals surface area contributed by atoms with Crippen LogP contribution < -0.4 is 5.32 Å². The summed E-state index contributed by atoms with van der Waals surface area (Å²) in [6.07, 6.45) is 3.03. The number of hydrogen-bond donors (Lipinski definition) is 2. The molecule has 2 aliphatic rings. The molecule has 0 radical (unpaired) electrons. The lowest BCUT2D eigenvalue weighted by atomic mass is 9.82. The fraction of sp³-hybridized carbons (Fsp3) is 0.600. The van der Waals surface area contributed by atoms with Gasteiger partial charge in [-0.3, -0.25) is 9.59 Å². The Kier molecular flexibility index (Phi) is 7.76. The number of hydrogen-bond acceptors (Lipinski definition) is 6. The molecular formula is C20H28FN3O7S2. The van der Waals surface area contributed by atoms with Gasteiger partial charge in [0, 0.05) is 19.1 Å². The van der Waals surface area contributed by atoms with E-state index in [4.69, 9.17) is 0 Å². The molecule has 0 bridgehead atoms. The molecule has 2 N–H and O–H groups in total. The Labute approximate surface area is 192 Å². The third-order valence-corrected chi connectivity index (χ3v) is 9.21. The van der Waals surface area contributed by atoms with E-state index >= 15 is 0 Å². The molecule has 33 heavy (non-hydrogen) atoms. The second-order valence-corrected chi connectivity index (χ2v) is 12.3. The summed E-state index contributed by atoms with van der Waals surface area (Å²) in [5, 5.41) is 12.0. The van der Waals surface area contributed by atoms with Crippen LogP contribution in [-0.4, -0.2) is 74.0 Å². The lowest BCUT2D eigenvalue weighted by Crippen LogP contribution is -2.56. The standard InChI is InChI=1S/C20H28FN3O7S2/c1-32(28,29)23-11-12-24(33(30,31)16-9-7-15(21)8-10-16)20(23)19(27)22-17(13-18(25)26)14-5-3-2-4-6-14/h7-10,14,17,20H,2-6,11-13H2,1H3,(H,22,27)(H,25,26). The van der Waals surface area contributed by atoms with Gasteiger partial charge in [-0.05, 0) is 43.0 Å². The van der Waals surface area contributed by atoms with E-state index < -0.39 is 49.9 Å². The van der Waals surface area contributed by atoms with E-state index in [1.165, 1.54) is 0 Å². The zero-order valence-electron chi connectivity index (χ0n) is 18.2. The molecule has 2 fully saturated rings. The van der Waals surface area contributed by atoms with Gasteiger partial charge < -0.3 is 10.4 Å². The highest BCUT2D eigenvalue weighted by Crippen LogP contribution is 2.30. The summed E-state index contributed by atoms with van der Waals surface area (Å²) in [5.74, 6) is -2.77. The van der Waals surface area contributed by atoms with Crippen LogP contribution in [0, 0.1) is 11.7 Å². The maximum Gasteiger partial charge on any atom is 0.305 e. The summed E-state index contributed by atoms with van der Waals surface area (Å²) < 4.78 is 65.9. The van der Waals surface area contributed by atoms with E-state index in [1.54, 1.807) is 0 Å². The van der Waals surface area contributed by atoms with E-state index in [0.717, 1.165) is 71.2 Å². The van der Waals surface area contributed by atoms with Gasteiger partial charge in [-0.25, -0.2) is 21.2 Å². The first-order chi connectivity index (χ1) is 15.4. The molecule has 1 aliphatic heterocycles. The molecule has 0 spiro atoms.